The van der Waals surface area contributed by atoms with Crippen LogP contribution in [0, 0.1) is 5.82 Å². The van der Waals surface area contributed by atoms with Crippen molar-refractivity contribution in [3.05, 3.63) is 125 Å². The van der Waals surface area contributed by atoms with E-state index in [-0.39, 0.29) is 30.8 Å². The van der Waals surface area contributed by atoms with Gasteiger partial charge in [0.25, 0.3) is 11.8 Å². The Morgan fingerprint density at radius 1 is 0.829 bits per heavy atom. The van der Waals surface area contributed by atoms with Gasteiger partial charge < -0.3 is 15.7 Å². The van der Waals surface area contributed by atoms with E-state index in [4.69, 9.17) is 0 Å². The molecule has 0 fully saturated rings. The van der Waals surface area contributed by atoms with Crippen LogP contribution in [0.3, 0.4) is 0 Å². The summed E-state index contributed by atoms with van der Waals surface area (Å²) in [5.74, 6) is -1.05. The Hall–Kier alpha value is -4.36. The lowest BCUT2D eigenvalue weighted by molar-refractivity contribution is 0.0916. The molecule has 3 aromatic carbocycles. The molecule has 0 spiro atoms. The summed E-state index contributed by atoms with van der Waals surface area (Å²) in [6.07, 6.45) is 3.41. The first kappa shape index (κ1) is 23.8. The third-order valence-corrected chi connectivity index (χ3v) is 5.54. The van der Waals surface area contributed by atoms with Crippen molar-refractivity contribution in [2.45, 2.75) is 12.6 Å². The van der Waals surface area contributed by atoms with E-state index in [1.807, 2.05) is 24.3 Å². The second kappa shape index (κ2) is 11.2. The van der Waals surface area contributed by atoms with Gasteiger partial charge in [0.1, 0.15) is 5.82 Å². The van der Waals surface area contributed by atoms with Crippen LogP contribution >= 0.6 is 0 Å². The zero-order chi connectivity index (χ0) is 24.6. The summed E-state index contributed by atoms with van der Waals surface area (Å²) in [4.78, 5) is 29.4. The Morgan fingerprint density at radius 3 is 2.26 bits per heavy atom. The standard InChI is InChI=1S/C28H24FN3O3/c29-25-6-1-3-19(15-25)17-31-27(34)24-5-2-4-23(16-24)26(18-33)32-28(35)22-9-7-20(8-10-22)21-11-13-30-14-12-21/h1-16,26,33H,17-18H2,(H,31,34)(H,32,35)/t26-/m1/s1. The van der Waals surface area contributed by atoms with E-state index in [9.17, 15) is 19.1 Å². The topological polar surface area (TPSA) is 91.3 Å². The predicted octanol–water partition coefficient (Wildman–Crippen LogP) is 4.28. The van der Waals surface area contributed by atoms with Crippen molar-refractivity contribution in [2.75, 3.05) is 6.61 Å². The van der Waals surface area contributed by atoms with Crippen molar-refractivity contribution in [1.82, 2.24) is 15.6 Å². The molecule has 2 amide bonds. The molecule has 35 heavy (non-hydrogen) atoms. The Kier molecular flexibility index (Phi) is 7.60. The Morgan fingerprint density at radius 2 is 1.54 bits per heavy atom. The predicted molar refractivity (Wildman–Crippen MR) is 131 cm³/mol. The van der Waals surface area contributed by atoms with Gasteiger partial charge in [-0.3, -0.25) is 14.6 Å². The third kappa shape index (κ3) is 6.16. The molecule has 4 rings (SSSR count). The molecule has 4 aromatic rings. The first-order valence-corrected chi connectivity index (χ1v) is 11.1. The average Bonchev–Trinajstić information content (AvgIpc) is 2.91. The molecule has 3 N–H and O–H groups in total. The number of carbonyl (C=O) groups is 2. The second-order valence-electron chi connectivity index (χ2n) is 7.96. The molecule has 0 radical (unpaired) electrons. The van der Waals surface area contributed by atoms with Crippen molar-refractivity contribution in [1.29, 1.82) is 0 Å². The molecule has 1 atom stereocenters. The molecule has 0 bridgehead atoms. The van der Waals surface area contributed by atoms with Gasteiger partial charge in [0.05, 0.1) is 12.6 Å². The number of nitrogens with zero attached hydrogens (tertiary/aromatic N) is 1. The molecular weight excluding hydrogens is 445 g/mol. The zero-order valence-electron chi connectivity index (χ0n) is 18.8. The van der Waals surface area contributed by atoms with Crippen molar-refractivity contribution in [3.63, 3.8) is 0 Å². The zero-order valence-corrected chi connectivity index (χ0v) is 18.8. The minimum Gasteiger partial charge on any atom is -0.394 e. The minimum atomic E-state index is -0.696. The number of hydrogen-bond donors (Lipinski definition) is 3. The van der Waals surface area contributed by atoms with E-state index in [2.05, 4.69) is 15.6 Å². The smallest absolute Gasteiger partial charge is 0.251 e. The van der Waals surface area contributed by atoms with Crippen LogP contribution in [-0.4, -0.2) is 28.5 Å². The summed E-state index contributed by atoms with van der Waals surface area (Å²) in [6.45, 7) is -0.161. The van der Waals surface area contributed by atoms with Gasteiger partial charge in [0, 0.05) is 30.1 Å². The van der Waals surface area contributed by atoms with Crippen molar-refractivity contribution >= 4 is 11.8 Å². The fraction of sp³-hybridized carbons (Fsp3) is 0.107. The number of carbonyl (C=O) groups excluding carboxylic acids is 2. The number of aliphatic hydroxyl groups is 1. The van der Waals surface area contributed by atoms with Crippen molar-refractivity contribution in [3.8, 4) is 11.1 Å². The molecule has 0 unspecified atom stereocenters. The van der Waals surface area contributed by atoms with Crippen LogP contribution in [0.15, 0.2) is 97.3 Å². The molecule has 7 heteroatoms. The van der Waals surface area contributed by atoms with E-state index in [0.29, 0.717) is 22.3 Å². The monoisotopic (exact) mass is 469 g/mol. The summed E-state index contributed by atoms with van der Waals surface area (Å²) in [7, 11) is 0. The Bertz CT molecular complexity index is 1310. The van der Waals surface area contributed by atoms with Crippen LogP contribution in [0.4, 0.5) is 4.39 Å². The highest BCUT2D eigenvalue weighted by Crippen LogP contribution is 2.20. The van der Waals surface area contributed by atoms with Crippen LogP contribution in [0.2, 0.25) is 0 Å². The Labute approximate surface area is 202 Å². The lowest BCUT2D eigenvalue weighted by Crippen LogP contribution is -2.31. The van der Waals surface area contributed by atoms with Crippen LogP contribution < -0.4 is 10.6 Å². The number of hydrogen-bond acceptors (Lipinski definition) is 4. The van der Waals surface area contributed by atoms with E-state index >= 15 is 0 Å². The van der Waals surface area contributed by atoms with Gasteiger partial charge in [-0.25, -0.2) is 4.39 Å². The molecule has 1 aromatic heterocycles. The largest absolute Gasteiger partial charge is 0.394 e. The van der Waals surface area contributed by atoms with Crippen LogP contribution in [0.1, 0.15) is 37.9 Å². The first-order valence-electron chi connectivity index (χ1n) is 11.1. The average molecular weight is 470 g/mol. The van der Waals surface area contributed by atoms with Gasteiger partial charge in [-0.1, -0.05) is 36.4 Å². The number of benzene rings is 3. The maximum Gasteiger partial charge on any atom is 0.251 e. The first-order chi connectivity index (χ1) is 17.0. The van der Waals surface area contributed by atoms with Gasteiger partial charge in [-0.2, -0.15) is 0 Å². The highest BCUT2D eigenvalue weighted by atomic mass is 19.1. The summed E-state index contributed by atoms with van der Waals surface area (Å²) < 4.78 is 13.3. The normalized spacial score (nSPS) is 11.5. The number of rotatable bonds is 8. The minimum absolute atomic E-state index is 0.177. The number of halogens is 1. The lowest BCUT2D eigenvalue weighted by atomic mass is 10.0. The molecule has 0 aliphatic heterocycles. The lowest BCUT2D eigenvalue weighted by Gasteiger charge is -2.18. The maximum atomic E-state index is 13.3. The molecule has 6 nitrogen and oxygen atoms in total. The molecule has 176 valence electrons. The van der Waals surface area contributed by atoms with Crippen LogP contribution in [0.5, 0.6) is 0 Å². The SMILES string of the molecule is O=C(NCc1cccc(F)c1)c1cccc([C@@H](CO)NC(=O)c2ccc(-c3ccncc3)cc2)c1. The summed E-state index contributed by atoms with van der Waals surface area (Å²) in [5.41, 5.74) is 4.00. The van der Waals surface area contributed by atoms with Crippen molar-refractivity contribution in [2.24, 2.45) is 0 Å². The number of amides is 2. The fourth-order valence-corrected chi connectivity index (χ4v) is 3.66. The fourth-order valence-electron chi connectivity index (χ4n) is 3.66. The van der Waals surface area contributed by atoms with Gasteiger partial charge in [0.2, 0.25) is 0 Å². The summed E-state index contributed by atoms with van der Waals surface area (Å²) in [6, 6.07) is 22.9. The molecular formula is C28H24FN3O3. The Balaban J connectivity index is 1.41. The molecule has 0 saturated carbocycles. The number of aliphatic hydroxyl groups excluding tert-OH is 1. The van der Waals surface area contributed by atoms with Gasteiger partial charge in [-0.15, -0.1) is 0 Å². The van der Waals surface area contributed by atoms with Gasteiger partial charge >= 0.3 is 0 Å². The quantitative estimate of drug-likeness (QED) is 0.359. The highest BCUT2D eigenvalue weighted by molar-refractivity contribution is 5.95. The van der Waals surface area contributed by atoms with E-state index in [0.717, 1.165) is 11.1 Å². The third-order valence-electron chi connectivity index (χ3n) is 5.54. The summed E-state index contributed by atoms with van der Waals surface area (Å²) in [5, 5.41) is 15.5. The summed E-state index contributed by atoms with van der Waals surface area (Å²) >= 11 is 0. The number of aromatic nitrogens is 1. The molecule has 0 aliphatic carbocycles. The van der Waals surface area contributed by atoms with Crippen LogP contribution in [0.25, 0.3) is 11.1 Å². The molecule has 0 saturated heterocycles. The van der Waals surface area contributed by atoms with Gasteiger partial charge in [-0.05, 0) is 70.8 Å². The molecule has 1 heterocycles. The molecule has 0 aliphatic rings. The maximum absolute atomic E-state index is 13.3. The van der Waals surface area contributed by atoms with E-state index in [1.54, 1.807) is 60.9 Å². The van der Waals surface area contributed by atoms with Crippen molar-refractivity contribution < 1.29 is 19.1 Å². The number of nitrogens with one attached hydrogen (secondary N) is 2. The van der Waals surface area contributed by atoms with Gasteiger partial charge in [0.15, 0.2) is 0 Å². The van der Waals surface area contributed by atoms with Crippen LogP contribution in [-0.2, 0) is 6.54 Å². The second-order valence-corrected chi connectivity index (χ2v) is 7.96. The van der Waals surface area contributed by atoms with E-state index in [1.165, 1.54) is 12.1 Å². The highest BCUT2D eigenvalue weighted by Gasteiger charge is 2.17. The number of pyridine rings is 1. The van der Waals surface area contributed by atoms with E-state index < -0.39 is 6.04 Å².